The van der Waals surface area contributed by atoms with Gasteiger partial charge >= 0.3 is 0 Å². The van der Waals surface area contributed by atoms with E-state index in [0.29, 0.717) is 0 Å². The van der Waals surface area contributed by atoms with E-state index in [1.54, 1.807) is 0 Å². The van der Waals surface area contributed by atoms with Gasteiger partial charge in [-0.1, -0.05) is 0 Å². The SMILES string of the molecule is CCn1cccc1CNCCOCCN(C)C. The van der Waals surface area contributed by atoms with Crippen LogP contribution in [0.15, 0.2) is 18.3 Å². The van der Waals surface area contributed by atoms with Crippen LogP contribution in [0.4, 0.5) is 0 Å². The maximum absolute atomic E-state index is 5.51. The highest BCUT2D eigenvalue weighted by atomic mass is 16.5. The fraction of sp³-hybridized carbons (Fsp3) is 0.692. The molecule has 17 heavy (non-hydrogen) atoms. The Bertz CT molecular complexity index is 297. The van der Waals surface area contributed by atoms with Crippen molar-refractivity contribution in [1.29, 1.82) is 0 Å². The van der Waals surface area contributed by atoms with Crippen LogP contribution in [0.2, 0.25) is 0 Å². The number of nitrogens with one attached hydrogen (secondary N) is 1. The Hall–Kier alpha value is -0.840. The maximum Gasteiger partial charge on any atom is 0.0593 e. The molecule has 0 aliphatic carbocycles. The van der Waals surface area contributed by atoms with Gasteiger partial charge in [0.15, 0.2) is 0 Å². The molecule has 0 aliphatic rings. The molecular weight excluding hydrogens is 214 g/mol. The molecule has 0 atom stereocenters. The zero-order valence-electron chi connectivity index (χ0n) is 11.3. The second kappa shape index (κ2) is 8.28. The number of hydrogen-bond acceptors (Lipinski definition) is 3. The van der Waals surface area contributed by atoms with Gasteiger partial charge in [-0.15, -0.1) is 0 Å². The van der Waals surface area contributed by atoms with E-state index in [1.807, 2.05) is 0 Å². The van der Waals surface area contributed by atoms with Gasteiger partial charge in [0.2, 0.25) is 0 Å². The highest BCUT2D eigenvalue weighted by Gasteiger charge is 1.97. The lowest BCUT2D eigenvalue weighted by molar-refractivity contribution is 0.119. The number of aryl methyl sites for hydroxylation is 1. The minimum Gasteiger partial charge on any atom is -0.379 e. The Kier molecular flexibility index (Phi) is 6.93. The third kappa shape index (κ3) is 5.86. The quantitative estimate of drug-likeness (QED) is 0.656. The van der Waals surface area contributed by atoms with Crippen LogP contribution in [0.1, 0.15) is 12.6 Å². The van der Waals surface area contributed by atoms with Gasteiger partial charge in [-0.2, -0.15) is 0 Å². The molecule has 0 radical (unpaired) electrons. The smallest absolute Gasteiger partial charge is 0.0593 e. The van der Waals surface area contributed by atoms with Gasteiger partial charge in [0.05, 0.1) is 13.2 Å². The first-order valence-corrected chi connectivity index (χ1v) is 6.31. The zero-order chi connectivity index (χ0) is 12.5. The second-order valence-corrected chi connectivity index (χ2v) is 4.38. The average Bonchev–Trinajstić information content (AvgIpc) is 2.74. The van der Waals surface area contributed by atoms with Crippen molar-refractivity contribution in [2.24, 2.45) is 0 Å². The zero-order valence-corrected chi connectivity index (χ0v) is 11.3. The van der Waals surface area contributed by atoms with E-state index < -0.39 is 0 Å². The van der Waals surface area contributed by atoms with E-state index >= 15 is 0 Å². The summed E-state index contributed by atoms with van der Waals surface area (Å²) in [5, 5.41) is 3.39. The standard InChI is InChI=1S/C13H25N3O/c1-4-16-8-5-6-13(16)12-14-7-10-17-11-9-15(2)3/h5-6,8,14H,4,7,9-12H2,1-3H3. The summed E-state index contributed by atoms with van der Waals surface area (Å²) < 4.78 is 7.76. The van der Waals surface area contributed by atoms with Crippen molar-refractivity contribution in [3.05, 3.63) is 24.0 Å². The molecule has 1 aromatic rings. The van der Waals surface area contributed by atoms with E-state index in [4.69, 9.17) is 4.74 Å². The maximum atomic E-state index is 5.51. The lowest BCUT2D eigenvalue weighted by Crippen LogP contribution is -2.23. The molecule has 0 aliphatic heterocycles. The minimum atomic E-state index is 0.778. The number of hydrogen-bond donors (Lipinski definition) is 1. The van der Waals surface area contributed by atoms with Gasteiger partial charge in [-0.25, -0.2) is 0 Å². The molecule has 0 bridgehead atoms. The first-order chi connectivity index (χ1) is 8.24. The molecule has 4 heteroatoms. The molecular formula is C13H25N3O. The van der Waals surface area contributed by atoms with Gasteiger partial charge in [0.1, 0.15) is 0 Å². The molecule has 1 heterocycles. The van der Waals surface area contributed by atoms with Gasteiger partial charge in [0.25, 0.3) is 0 Å². The van der Waals surface area contributed by atoms with Crippen molar-refractivity contribution in [3.63, 3.8) is 0 Å². The molecule has 0 aromatic carbocycles. The number of likely N-dealkylation sites (N-methyl/N-ethyl adjacent to an activating group) is 1. The molecule has 4 nitrogen and oxygen atoms in total. The first kappa shape index (κ1) is 14.2. The van der Waals surface area contributed by atoms with Gasteiger partial charge in [-0.3, -0.25) is 0 Å². The van der Waals surface area contributed by atoms with E-state index in [1.165, 1.54) is 5.69 Å². The van der Waals surface area contributed by atoms with E-state index in [9.17, 15) is 0 Å². The summed E-state index contributed by atoms with van der Waals surface area (Å²) >= 11 is 0. The Morgan fingerprint density at radius 1 is 1.35 bits per heavy atom. The Morgan fingerprint density at radius 3 is 2.88 bits per heavy atom. The molecule has 98 valence electrons. The fourth-order valence-electron chi connectivity index (χ4n) is 1.63. The van der Waals surface area contributed by atoms with Crippen molar-refractivity contribution >= 4 is 0 Å². The normalized spacial score (nSPS) is 11.3. The summed E-state index contributed by atoms with van der Waals surface area (Å²) in [6.07, 6.45) is 2.12. The minimum absolute atomic E-state index is 0.778. The highest BCUT2D eigenvalue weighted by Crippen LogP contribution is 2.00. The molecule has 0 amide bonds. The number of ether oxygens (including phenoxy) is 1. The van der Waals surface area contributed by atoms with Gasteiger partial charge in [0, 0.05) is 38.1 Å². The molecule has 0 spiro atoms. The molecule has 0 saturated carbocycles. The Balaban J connectivity index is 2.01. The molecule has 0 saturated heterocycles. The monoisotopic (exact) mass is 239 g/mol. The predicted molar refractivity (Wildman–Crippen MR) is 71.2 cm³/mol. The summed E-state index contributed by atoms with van der Waals surface area (Å²) in [6, 6.07) is 4.25. The van der Waals surface area contributed by atoms with E-state index in [0.717, 1.165) is 39.4 Å². The topological polar surface area (TPSA) is 29.4 Å². The number of aromatic nitrogens is 1. The summed E-state index contributed by atoms with van der Waals surface area (Å²) in [7, 11) is 4.11. The summed E-state index contributed by atoms with van der Waals surface area (Å²) in [5.74, 6) is 0. The average molecular weight is 239 g/mol. The van der Waals surface area contributed by atoms with Crippen LogP contribution in [0.25, 0.3) is 0 Å². The molecule has 1 rings (SSSR count). The van der Waals surface area contributed by atoms with Crippen molar-refractivity contribution in [2.75, 3.05) is 40.4 Å². The molecule has 1 N–H and O–H groups in total. The lowest BCUT2D eigenvalue weighted by atomic mass is 10.4. The van der Waals surface area contributed by atoms with Gasteiger partial charge in [-0.05, 0) is 33.2 Å². The second-order valence-electron chi connectivity index (χ2n) is 4.38. The van der Waals surface area contributed by atoms with Crippen LogP contribution >= 0.6 is 0 Å². The first-order valence-electron chi connectivity index (χ1n) is 6.31. The number of rotatable bonds is 9. The molecule has 1 aromatic heterocycles. The van der Waals surface area contributed by atoms with E-state index in [-0.39, 0.29) is 0 Å². The summed E-state index contributed by atoms with van der Waals surface area (Å²) in [5.41, 5.74) is 1.33. The van der Waals surface area contributed by atoms with Crippen molar-refractivity contribution in [1.82, 2.24) is 14.8 Å². The van der Waals surface area contributed by atoms with Crippen molar-refractivity contribution in [2.45, 2.75) is 20.0 Å². The predicted octanol–water partition coefficient (Wildman–Crippen LogP) is 1.18. The van der Waals surface area contributed by atoms with Crippen molar-refractivity contribution < 1.29 is 4.74 Å². The fourth-order valence-corrected chi connectivity index (χ4v) is 1.63. The third-order valence-electron chi connectivity index (χ3n) is 2.68. The third-order valence-corrected chi connectivity index (χ3v) is 2.68. The summed E-state index contributed by atoms with van der Waals surface area (Å²) in [4.78, 5) is 2.13. The van der Waals surface area contributed by atoms with E-state index in [2.05, 4.69) is 54.1 Å². The van der Waals surface area contributed by atoms with Crippen molar-refractivity contribution in [3.8, 4) is 0 Å². The number of nitrogens with zero attached hydrogens (tertiary/aromatic N) is 2. The summed E-state index contributed by atoms with van der Waals surface area (Å²) in [6.45, 7) is 7.58. The Morgan fingerprint density at radius 2 is 2.18 bits per heavy atom. The lowest BCUT2D eigenvalue weighted by Gasteiger charge is -2.11. The van der Waals surface area contributed by atoms with Crippen LogP contribution in [0.3, 0.4) is 0 Å². The molecule has 0 unspecified atom stereocenters. The Labute approximate surface area is 105 Å². The van der Waals surface area contributed by atoms with Crippen LogP contribution in [0.5, 0.6) is 0 Å². The largest absolute Gasteiger partial charge is 0.379 e. The van der Waals surface area contributed by atoms with Crippen LogP contribution in [-0.2, 0) is 17.8 Å². The van der Waals surface area contributed by atoms with Gasteiger partial charge < -0.3 is 19.5 Å². The van der Waals surface area contributed by atoms with Crippen LogP contribution in [0, 0.1) is 0 Å². The molecule has 0 fully saturated rings. The van der Waals surface area contributed by atoms with Crippen LogP contribution < -0.4 is 5.32 Å². The highest BCUT2D eigenvalue weighted by molar-refractivity contribution is 5.06. The van der Waals surface area contributed by atoms with Crippen LogP contribution in [-0.4, -0.2) is 49.9 Å².